The Morgan fingerprint density at radius 2 is 1.98 bits per heavy atom. The van der Waals surface area contributed by atoms with Gasteiger partial charge in [-0.1, -0.05) is 66.7 Å². The molecule has 1 aliphatic carbocycles. The number of amides is 1. The van der Waals surface area contributed by atoms with Crippen molar-refractivity contribution in [3.63, 3.8) is 0 Å². The molecule has 0 unspecified atom stereocenters. The highest BCUT2D eigenvalue weighted by Gasteiger charge is 2.61. The number of rotatable bonds is 6. The molecule has 9 heteroatoms. The molecular weight excluding hydrogens is 564 g/mol. The van der Waals surface area contributed by atoms with E-state index in [1.54, 1.807) is 12.0 Å². The molecule has 1 saturated carbocycles. The van der Waals surface area contributed by atoms with Gasteiger partial charge in [-0.3, -0.25) is 14.4 Å². The molecule has 0 bridgehead atoms. The molecule has 5 atom stereocenters. The Bertz CT molecular complexity index is 1520. The van der Waals surface area contributed by atoms with Gasteiger partial charge in [-0.15, -0.1) is 0 Å². The van der Waals surface area contributed by atoms with E-state index in [9.17, 15) is 19.5 Å². The highest BCUT2D eigenvalue weighted by atomic mass is 32.1. The summed E-state index contributed by atoms with van der Waals surface area (Å²) in [6.45, 7) is 0.267. The minimum atomic E-state index is -1.09. The number of hydrogen-bond acceptors (Lipinski definition) is 7. The van der Waals surface area contributed by atoms with Gasteiger partial charge in [0.05, 0.1) is 35.3 Å². The molecule has 226 valence electrons. The number of ether oxygens (including phenoxy) is 2. The molecule has 3 aliphatic rings. The Kier molecular flexibility index (Phi) is 8.52. The normalized spacial score (nSPS) is 28.8. The van der Waals surface area contributed by atoms with Gasteiger partial charge in [0.1, 0.15) is 11.9 Å². The topological polar surface area (TPSA) is 106 Å². The number of aromatic nitrogens is 1. The third kappa shape index (κ3) is 6.32. The van der Waals surface area contributed by atoms with Crippen molar-refractivity contribution >= 4 is 39.2 Å². The molecule has 2 aromatic carbocycles. The second-order valence-corrected chi connectivity index (χ2v) is 13.2. The molecule has 1 N–H and O–H groups in total. The first-order valence-electron chi connectivity index (χ1n) is 15.2. The van der Waals surface area contributed by atoms with Gasteiger partial charge in [-0.2, -0.15) is 0 Å². The number of carboxylic acid groups (broad SMARTS) is 1. The molecule has 43 heavy (non-hydrogen) atoms. The average Bonchev–Trinajstić information content (AvgIpc) is 3.32. The summed E-state index contributed by atoms with van der Waals surface area (Å²) < 4.78 is 12.6. The summed E-state index contributed by atoms with van der Waals surface area (Å²) in [5, 5.41) is 10.6. The lowest BCUT2D eigenvalue weighted by Gasteiger charge is -2.29. The number of hydrogen-bond donors (Lipinski definition) is 1. The van der Waals surface area contributed by atoms with Gasteiger partial charge in [0.2, 0.25) is 5.91 Å². The Morgan fingerprint density at radius 3 is 2.77 bits per heavy atom. The van der Waals surface area contributed by atoms with Crippen LogP contribution in [0.2, 0.25) is 0 Å². The van der Waals surface area contributed by atoms with Crippen molar-refractivity contribution in [2.75, 3.05) is 13.7 Å². The molecule has 1 aromatic heterocycles. The zero-order valence-corrected chi connectivity index (χ0v) is 25.3. The monoisotopic (exact) mass is 602 g/mol. The SMILES string of the molecule is COc1ccc2nc(O[C@@H]3C[C@H]4C(=O)C[C@]5(C(=O)O)C[C@@H]5/C=C\CCCCC[C@H](Cc5ccccc5)C(=O)N4C3)sc2c1. The Morgan fingerprint density at radius 1 is 1.14 bits per heavy atom. The Labute approximate surface area is 255 Å². The van der Waals surface area contributed by atoms with Crippen LogP contribution in [0.3, 0.4) is 0 Å². The van der Waals surface area contributed by atoms with Gasteiger partial charge >= 0.3 is 5.97 Å². The molecule has 8 nitrogen and oxygen atoms in total. The standard InChI is InChI=1S/C34H38N2O6S/c1-41-25-14-15-27-30(18-25)43-33(35-27)42-26-17-28-29(37)20-34(32(39)40)19-24(34)13-9-4-2-3-8-12-23(31(38)36(28)21-26)16-22-10-6-5-7-11-22/h5-7,9-11,13-15,18,23-24,26,28H,2-4,8,12,16-17,19-21H2,1H3,(H,39,40)/b13-9-/t23-,24+,26-,28+,34-/m1/s1. The van der Waals surface area contributed by atoms with E-state index < -0.39 is 23.5 Å². The van der Waals surface area contributed by atoms with Crippen molar-refractivity contribution in [3.05, 3.63) is 66.2 Å². The maximum Gasteiger partial charge on any atom is 0.310 e. The summed E-state index contributed by atoms with van der Waals surface area (Å²) in [4.78, 5) is 46.9. The zero-order valence-electron chi connectivity index (χ0n) is 24.4. The summed E-state index contributed by atoms with van der Waals surface area (Å²) in [5.74, 6) is -0.866. The number of benzene rings is 2. The molecule has 3 aromatic rings. The van der Waals surface area contributed by atoms with Crippen LogP contribution in [0.4, 0.5) is 0 Å². The van der Waals surface area contributed by atoms with E-state index in [1.807, 2.05) is 54.6 Å². The molecule has 1 saturated heterocycles. The van der Waals surface area contributed by atoms with Crippen LogP contribution in [0.1, 0.15) is 56.9 Å². The maximum absolute atomic E-state index is 14.3. The van der Waals surface area contributed by atoms with Crippen LogP contribution in [-0.4, -0.2) is 58.5 Å². The fourth-order valence-electron chi connectivity index (χ4n) is 6.71. The van der Waals surface area contributed by atoms with E-state index in [4.69, 9.17) is 9.47 Å². The van der Waals surface area contributed by atoms with Crippen LogP contribution in [0.15, 0.2) is 60.7 Å². The van der Waals surface area contributed by atoms with Gasteiger partial charge < -0.3 is 19.5 Å². The first-order valence-corrected chi connectivity index (χ1v) is 16.1. The van der Waals surface area contributed by atoms with Crippen molar-refractivity contribution < 1.29 is 29.0 Å². The van der Waals surface area contributed by atoms with Crippen molar-refractivity contribution in [2.24, 2.45) is 17.3 Å². The van der Waals surface area contributed by atoms with Gasteiger partial charge in [-0.05, 0) is 61.8 Å². The average molecular weight is 603 g/mol. The van der Waals surface area contributed by atoms with Gasteiger partial charge in [0.25, 0.3) is 5.19 Å². The Hall–Kier alpha value is -3.72. The van der Waals surface area contributed by atoms with Crippen molar-refractivity contribution in [2.45, 2.75) is 69.9 Å². The van der Waals surface area contributed by atoms with Crippen LogP contribution in [-0.2, 0) is 20.8 Å². The highest BCUT2D eigenvalue weighted by molar-refractivity contribution is 7.20. The van der Waals surface area contributed by atoms with E-state index in [0.717, 1.165) is 53.6 Å². The second kappa shape index (κ2) is 12.5. The molecule has 0 spiro atoms. The first kappa shape index (κ1) is 29.4. The van der Waals surface area contributed by atoms with Crippen molar-refractivity contribution in [1.82, 2.24) is 9.88 Å². The number of nitrogens with zero attached hydrogens (tertiary/aromatic N) is 2. The molecule has 2 aliphatic heterocycles. The lowest BCUT2D eigenvalue weighted by Crippen LogP contribution is -2.45. The smallest absolute Gasteiger partial charge is 0.310 e. The summed E-state index contributed by atoms with van der Waals surface area (Å²) in [7, 11) is 1.62. The van der Waals surface area contributed by atoms with E-state index in [-0.39, 0.29) is 36.5 Å². The molecule has 2 fully saturated rings. The largest absolute Gasteiger partial charge is 0.497 e. The highest BCUT2D eigenvalue weighted by Crippen LogP contribution is 2.57. The number of carboxylic acids is 1. The van der Waals surface area contributed by atoms with E-state index >= 15 is 0 Å². The third-order valence-corrected chi connectivity index (χ3v) is 10.2. The number of Topliss-reactive ketones (excluding diaryl/α,β-unsaturated/α-hetero) is 1. The van der Waals surface area contributed by atoms with Crippen molar-refractivity contribution in [3.8, 4) is 10.9 Å². The first-order chi connectivity index (χ1) is 20.9. The number of carbonyl (C=O) groups excluding carboxylic acids is 2. The van der Waals surface area contributed by atoms with Crippen LogP contribution in [0.5, 0.6) is 10.9 Å². The van der Waals surface area contributed by atoms with Crippen molar-refractivity contribution in [1.29, 1.82) is 0 Å². The third-order valence-electron chi connectivity index (χ3n) is 9.28. The zero-order chi connectivity index (χ0) is 30.0. The van der Waals surface area contributed by atoms with Gasteiger partial charge in [-0.25, -0.2) is 4.98 Å². The van der Waals surface area contributed by atoms with E-state index in [0.29, 0.717) is 24.5 Å². The van der Waals surface area contributed by atoms with Gasteiger partial charge in [0, 0.05) is 18.8 Å². The van der Waals surface area contributed by atoms with Crippen LogP contribution < -0.4 is 9.47 Å². The van der Waals surface area contributed by atoms with Crippen LogP contribution in [0.25, 0.3) is 10.2 Å². The predicted molar refractivity (Wildman–Crippen MR) is 164 cm³/mol. The molecule has 0 radical (unpaired) electrons. The number of allylic oxidation sites excluding steroid dienone is 2. The fourth-order valence-corrected chi connectivity index (χ4v) is 7.62. The second-order valence-electron chi connectivity index (χ2n) is 12.2. The number of methoxy groups -OCH3 is 1. The summed E-state index contributed by atoms with van der Waals surface area (Å²) >= 11 is 1.40. The maximum atomic E-state index is 14.3. The molecule has 1 amide bonds. The van der Waals surface area contributed by atoms with E-state index in [1.165, 1.54) is 11.3 Å². The molecule has 3 heterocycles. The lowest BCUT2D eigenvalue weighted by molar-refractivity contribution is -0.147. The number of aliphatic carboxylic acids is 1. The minimum Gasteiger partial charge on any atom is -0.497 e. The van der Waals surface area contributed by atoms with Crippen LogP contribution >= 0.6 is 11.3 Å². The number of carbonyl (C=O) groups is 3. The van der Waals surface area contributed by atoms with E-state index in [2.05, 4.69) is 11.1 Å². The quantitative estimate of drug-likeness (QED) is 0.341. The van der Waals surface area contributed by atoms with Crippen LogP contribution in [0, 0.1) is 17.3 Å². The molecule has 6 rings (SSSR count). The number of thiazole rings is 1. The number of fused-ring (bicyclic) bond motifs is 3. The van der Waals surface area contributed by atoms with Gasteiger partial charge in [0.15, 0.2) is 5.78 Å². The summed E-state index contributed by atoms with van der Waals surface area (Å²) in [5.41, 5.74) is 0.795. The lowest BCUT2D eigenvalue weighted by atomic mass is 9.90. The summed E-state index contributed by atoms with van der Waals surface area (Å²) in [6.07, 6.45) is 9.45. The minimum absolute atomic E-state index is 0.0490. The summed E-state index contributed by atoms with van der Waals surface area (Å²) in [6, 6.07) is 14.9. The molecular formula is C34H38N2O6S. The predicted octanol–water partition coefficient (Wildman–Crippen LogP) is 6.08. The fraction of sp³-hybridized carbons (Fsp3) is 0.471. The number of ketones is 1. The Balaban J connectivity index is 1.28.